The Morgan fingerprint density at radius 3 is 3.06 bits per heavy atom. The molecule has 2 aromatic rings. The number of aromatic nitrogens is 2. The molecular formula is C12H18N4S. The van der Waals surface area contributed by atoms with E-state index in [4.69, 9.17) is 5.73 Å². The lowest BCUT2D eigenvalue weighted by atomic mass is 10.3. The van der Waals surface area contributed by atoms with E-state index in [9.17, 15) is 0 Å². The molecule has 3 rings (SSSR count). The van der Waals surface area contributed by atoms with E-state index in [1.165, 1.54) is 6.42 Å². The highest BCUT2D eigenvalue weighted by Crippen LogP contribution is 2.39. The normalized spacial score (nSPS) is 23.2. The Morgan fingerprint density at radius 2 is 2.41 bits per heavy atom. The zero-order valence-electron chi connectivity index (χ0n) is 10.3. The second-order valence-electron chi connectivity index (χ2n) is 5.00. The maximum atomic E-state index is 5.85. The number of hydrogen-bond donors (Lipinski definition) is 1. The molecule has 2 unspecified atom stereocenters. The summed E-state index contributed by atoms with van der Waals surface area (Å²) in [7, 11) is 2.12. The maximum Gasteiger partial charge on any atom is 0.195 e. The molecule has 0 radical (unpaired) electrons. The van der Waals surface area contributed by atoms with Crippen molar-refractivity contribution in [2.45, 2.75) is 19.9 Å². The second kappa shape index (κ2) is 3.99. The van der Waals surface area contributed by atoms with E-state index >= 15 is 0 Å². The van der Waals surface area contributed by atoms with Crippen LogP contribution in [0.25, 0.3) is 4.96 Å². The molecule has 17 heavy (non-hydrogen) atoms. The van der Waals surface area contributed by atoms with Gasteiger partial charge >= 0.3 is 0 Å². The molecule has 0 aliphatic heterocycles. The summed E-state index contributed by atoms with van der Waals surface area (Å²) in [5, 5.41) is 2.05. The van der Waals surface area contributed by atoms with Crippen LogP contribution in [0.5, 0.6) is 0 Å². The van der Waals surface area contributed by atoms with E-state index < -0.39 is 0 Å². The number of rotatable bonds is 4. The number of anilines is 1. The molecule has 92 valence electrons. The van der Waals surface area contributed by atoms with E-state index in [1.54, 1.807) is 11.3 Å². The monoisotopic (exact) mass is 250 g/mol. The summed E-state index contributed by atoms with van der Waals surface area (Å²) in [6.07, 6.45) is 3.40. The van der Waals surface area contributed by atoms with Crippen LogP contribution in [0.1, 0.15) is 19.0 Å². The van der Waals surface area contributed by atoms with Gasteiger partial charge in [-0.1, -0.05) is 6.92 Å². The predicted octanol–water partition coefficient (Wildman–Crippen LogP) is 1.95. The van der Waals surface area contributed by atoms with E-state index in [0.29, 0.717) is 6.54 Å². The van der Waals surface area contributed by atoms with Gasteiger partial charge in [-0.05, 0) is 18.3 Å². The molecule has 1 fully saturated rings. The lowest BCUT2D eigenvalue weighted by molar-refractivity contribution is 0.717. The molecule has 1 aliphatic carbocycles. The van der Waals surface area contributed by atoms with Crippen LogP contribution in [0.2, 0.25) is 0 Å². The first kappa shape index (κ1) is 11.0. The van der Waals surface area contributed by atoms with Gasteiger partial charge in [0, 0.05) is 31.7 Å². The fraction of sp³-hybridized carbons (Fsp3) is 0.583. The molecule has 0 amide bonds. The lowest BCUT2D eigenvalue weighted by Gasteiger charge is -2.17. The summed E-state index contributed by atoms with van der Waals surface area (Å²) in [4.78, 5) is 7.97. The Balaban J connectivity index is 1.89. The van der Waals surface area contributed by atoms with Crippen molar-refractivity contribution in [1.29, 1.82) is 0 Å². The van der Waals surface area contributed by atoms with Gasteiger partial charge in [0.05, 0.1) is 5.69 Å². The lowest BCUT2D eigenvalue weighted by Crippen LogP contribution is -2.23. The number of fused-ring (bicyclic) bond motifs is 1. The SMILES string of the molecule is CC1CC1CN(C)c1nc2sccn2c1CN. The zero-order valence-corrected chi connectivity index (χ0v) is 11.1. The van der Waals surface area contributed by atoms with Crippen LogP contribution in [0.4, 0.5) is 5.82 Å². The molecule has 2 aromatic heterocycles. The fourth-order valence-electron chi connectivity index (χ4n) is 2.41. The molecule has 2 N–H and O–H groups in total. The van der Waals surface area contributed by atoms with Gasteiger partial charge in [-0.3, -0.25) is 4.40 Å². The molecule has 0 saturated heterocycles. The predicted molar refractivity (Wildman–Crippen MR) is 71.5 cm³/mol. The van der Waals surface area contributed by atoms with Crippen LogP contribution in [-0.4, -0.2) is 23.0 Å². The number of nitrogens with two attached hydrogens (primary N) is 1. The zero-order chi connectivity index (χ0) is 12.0. The second-order valence-corrected chi connectivity index (χ2v) is 5.87. The number of hydrogen-bond acceptors (Lipinski definition) is 4. The third-order valence-corrected chi connectivity index (χ3v) is 4.44. The summed E-state index contributed by atoms with van der Waals surface area (Å²) >= 11 is 1.66. The number of nitrogens with zero attached hydrogens (tertiary/aromatic N) is 3. The maximum absolute atomic E-state index is 5.85. The Morgan fingerprint density at radius 1 is 1.65 bits per heavy atom. The van der Waals surface area contributed by atoms with Crippen LogP contribution >= 0.6 is 11.3 Å². The summed E-state index contributed by atoms with van der Waals surface area (Å²) in [6, 6.07) is 0. The molecule has 4 nitrogen and oxygen atoms in total. The highest BCUT2D eigenvalue weighted by atomic mass is 32.1. The Kier molecular flexibility index (Phi) is 2.60. The summed E-state index contributed by atoms with van der Waals surface area (Å²) < 4.78 is 2.10. The van der Waals surface area contributed by atoms with Gasteiger partial charge in [0.25, 0.3) is 0 Å². The van der Waals surface area contributed by atoms with Crippen molar-refractivity contribution >= 4 is 22.1 Å². The highest BCUT2D eigenvalue weighted by Gasteiger charge is 2.34. The molecular weight excluding hydrogens is 232 g/mol. The van der Waals surface area contributed by atoms with E-state index in [1.807, 2.05) is 11.6 Å². The quantitative estimate of drug-likeness (QED) is 0.902. The van der Waals surface area contributed by atoms with Crippen molar-refractivity contribution in [3.63, 3.8) is 0 Å². The summed E-state index contributed by atoms with van der Waals surface area (Å²) in [5.74, 6) is 2.77. The minimum Gasteiger partial charge on any atom is -0.358 e. The molecule has 5 heteroatoms. The molecule has 0 aromatic carbocycles. The standard InChI is InChI=1S/C12H18N4S/c1-8-5-9(8)7-15(2)11-10(6-13)16-3-4-17-12(16)14-11/h3-4,8-9H,5-7,13H2,1-2H3. The largest absolute Gasteiger partial charge is 0.358 e. The molecule has 1 aliphatic rings. The van der Waals surface area contributed by atoms with Gasteiger partial charge in [0.1, 0.15) is 0 Å². The minimum absolute atomic E-state index is 0.539. The first-order valence-corrected chi connectivity index (χ1v) is 6.94. The average Bonchev–Trinajstić information content (AvgIpc) is 2.75. The van der Waals surface area contributed by atoms with E-state index in [-0.39, 0.29) is 0 Å². The first-order valence-electron chi connectivity index (χ1n) is 6.06. The highest BCUT2D eigenvalue weighted by molar-refractivity contribution is 7.15. The third-order valence-electron chi connectivity index (χ3n) is 3.68. The van der Waals surface area contributed by atoms with Crippen molar-refractivity contribution in [2.24, 2.45) is 17.6 Å². The Labute approximate surface area is 105 Å². The average molecular weight is 250 g/mol. The van der Waals surface area contributed by atoms with Crippen molar-refractivity contribution in [3.8, 4) is 0 Å². The van der Waals surface area contributed by atoms with Crippen LogP contribution in [-0.2, 0) is 6.54 Å². The van der Waals surface area contributed by atoms with Gasteiger partial charge < -0.3 is 10.6 Å². The smallest absolute Gasteiger partial charge is 0.195 e. The van der Waals surface area contributed by atoms with Gasteiger partial charge in [0.15, 0.2) is 10.8 Å². The summed E-state index contributed by atoms with van der Waals surface area (Å²) in [6.45, 7) is 3.95. The molecule has 2 heterocycles. The van der Waals surface area contributed by atoms with Crippen molar-refractivity contribution in [2.75, 3.05) is 18.5 Å². The number of imidazole rings is 1. The Hall–Kier alpha value is -1.07. The molecule has 0 bridgehead atoms. The first-order chi connectivity index (χ1) is 8.20. The van der Waals surface area contributed by atoms with Crippen molar-refractivity contribution in [1.82, 2.24) is 9.38 Å². The van der Waals surface area contributed by atoms with Crippen LogP contribution < -0.4 is 10.6 Å². The topological polar surface area (TPSA) is 46.6 Å². The number of thiazole rings is 1. The van der Waals surface area contributed by atoms with Crippen LogP contribution in [0.15, 0.2) is 11.6 Å². The Bertz CT molecular complexity index is 530. The molecule has 2 atom stereocenters. The van der Waals surface area contributed by atoms with E-state index in [0.717, 1.165) is 34.9 Å². The van der Waals surface area contributed by atoms with Crippen LogP contribution in [0.3, 0.4) is 0 Å². The van der Waals surface area contributed by atoms with Gasteiger partial charge in [0.2, 0.25) is 0 Å². The fourth-order valence-corrected chi connectivity index (χ4v) is 3.14. The van der Waals surface area contributed by atoms with E-state index in [2.05, 4.69) is 28.3 Å². The summed E-state index contributed by atoms with van der Waals surface area (Å²) in [5.41, 5.74) is 6.97. The van der Waals surface area contributed by atoms with Gasteiger partial charge in [-0.15, -0.1) is 11.3 Å². The minimum atomic E-state index is 0.539. The molecule has 1 saturated carbocycles. The van der Waals surface area contributed by atoms with Crippen molar-refractivity contribution < 1.29 is 0 Å². The molecule has 0 spiro atoms. The van der Waals surface area contributed by atoms with Gasteiger partial charge in [-0.25, -0.2) is 4.98 Å². The van der Waals surface area contributed by atoms with Crippen molar-refractivity contribution in [3.05, 3.63) is 17.3 Å². The van der Waals surface area contributed by atoms with Crippen LogP contribution in [0, 0.1) is 11.8 Å². The van der Waals surface area contributed by atoms with Gasteiger partial charge in [-0.2, -0.15) is 0 Å². The third kappa shape index (κ3) is 1.83.